The van der Waals surface area contributed by atoms with Gasteiger partial charge in [0.15, 0.2) is 11.6 Å². The Kier molecular flexibility index (Phi) is 3.78. The Morgan fingerprint density at radius 3 is 3.06 bits per heavy atom. The van der Waals surface area contributed by atoms with Crippen molar-refractivity contribution in [1.29, 1.82) is 5.26 Å². The van der Waals surface area contributed by atoms with E-state index < -0.39 is 5.82 Å². The number of carbonyl (C=O) groups excluding carboxylic acids is 1. The molecule has 94 valence electrons. The highest BCUT2D eigenvalue weighted by Crippen LogP contribution is 2.20. The second-order valence-electron chi connectivity index (χ2n) is 4.28. The summed E-state index contributed by atoms with van der Waals surface area (Å²) in [5.41, 5.74) is 0.261. The first kappa shape index (κ1) is 12.4. The second-order valence-corrected chi connectivity index (χ2v) is 4.28. The number of amides is 1. The molecular weight excluding hydrogens is 235 g/mol. The van der Waals surface area contributed by atoms with E-state index in [1.165, 1.54) is 12.1 Å². The third-order valence-electron chi connectivity index (χ3n) is 2.88. The van der Waals surface area contributed by atoms with Crippen LogP contribution in [0, 0.1) is 23.1 Å². The fourth-order valence-corrected chi connectivity index (χ4v) is 1.89. The van der Waals surface area contributed by atoms with E-state index in [0.29, 0.717) is 19.6 Å². The van der Waals surface area contributed by atoms with Gasteiger partial charge in [-0.05, 0) is 24.6 Å². The molecule has 0 aliphatic carbocycles. The van der Waals surface area contributed by atoms with Crippen molar-refractivity contribution in [2.24, 2.45) is 5.92 Å². The summed E-state index contributed by atoms with van der Waals surface area (Å²) in [6.07, 6.45) is 1.25. The predicted octanol–water partition coefficient (Wildman–Crippen LogP) is 1.60. The van der Waals surface area contributed by atoms with E-state index in [-0.39, 0.29) is 23.1 Å². The lowest BCUT2D eigenvalue weighted by molar-refractivity contribution is -0.123. The summed E-state index contributed by atoms with van der Waals surface area (Å²) in [6, 6.07) is 5.95. The van der Waals surface area contributed by atoms with E-state index in [1.54, 1.807) is 0 Å². The number of ether oxygens (including phenoxy) is 1. The molecule has 1 aliphatic rings. The monoisotopic (exact) mass is 248 g/mol. The standard InChI is InChI=1S/C13H13FN2O2/c14-11-5-9(7-15)1-2-12(11)18-8-10-3-4-16-13(17)6-10/h1-2,5,10H,3-4,6,8H2,(H,16,17). The van der Waals surface area contributed by atoms with Crippen molar-refractivity contribution in [1.82, 2.24) is 5.32 Å². The number of benzene rings is 1. The van der Waals surface area contributed by atoms with E-state index in [9.17, 15) is 9.18 Å². The molecule has 0 radical (unpaired) electrons. The number of rotatable bonds is 3. The molecule has 1 saturated heterocycles. The molecule has 0 spiro atoms. The molecule has 1 N–H and O–H groups in total. The van der Waals surface area contributed by atoms with Gasteiger partial charge in [0.05, 0.1) is 18.2 Å². The van der Waals surface area contributed by atoms with Gasteiger partial charge in [-0.1, -0.05) is 0 Å². The molecule has 0 bridgehead atoms. The van der Waals surface area contributed by atoms with Crippen LogP contribution in [0.3, 0.4) is 0 Å². The number of halogens is 1. The van der Waals surface area contributed by atoms with Crippen molar-refractivity contribution in [3.05, 3.63) is 29.6 Å². The minimum absolute atomic E-state index is 0.00940. The van der Waals surface area contributed by atoms with Crippen LogP contribution in [0.1, 0.15) is 18.4 Å². The van der Waals surface area contributed by atoms with E-state index in [0.717, 1.165) is 12.5 Å². The molecule has 1 aromatic carbocycles. The molecule has 4 nitrogen and oxygen atoms in total. The summed E-state index contributed by atoms with van der Waals surface area (Å²) in [7, 11) is 0. The van der Waals surface area contributed by atoms with Gasteiger partial charge in [0.1, 0.15) is 0 Å². The van der Waals surface area contributed by atoms with E-state index in [1.807, 2.05) is 6.07 Å². The Labute approximate surface area is 104 Å². The van der Waals surface area contributed by atoms with Gasteiger partial charge in [0.25, 0.3) is 0 Å². The average molecular weight is 248 g/mol. The van der Waals surface area contributed by atoms with Crippen LogP contribution in [0.25, 0.3) is 0 Å². The first-order valence-corrected chi connectivity index (χ1v) is 5.78. The molecule has 5 heteroatoms. The maximum atomic E-state index is 13.5. The normalized spacial score (nSPS) is 18.9. The summed E-state index contributed by atoms with van der Waals surface area (Å²) in [6.45, 7) is 0.957. The summed E-state index contributed by atoms with van der Waals surface area (Å²) in [4.78, 5) is 11.2. The maximum absolute atomic E-state index is 13.5. The van der Waals surface area contributed by atoms with Crippen LogP contribution >= 0.6 is 0 Å². The summed E-state index contributed by atoms with van der Waals surface area (Å²) in [5.74, 6) is -0.293. The van der Waals surface area contributed by atoms with Crippen molar-refractivity contribution in [3.8, 4) is 11.8 Å². The van der Waals surface area contributed by atoms with Crippen LogP contribution in [0.15, 0.2) is 18.2 Å². The molecule has 1 heterocycles. The lowest BCUT2D eigenvalue weighted by atomic mass is 9.99. The number of nitriles is 1. The molecule has 1 aromatic rings. The van der Waals surface area contributed by atoms with Crippen molar-refractivity contribution in [2.75, 3.05) is 13.2 Å². The lowest BCUT2D eigenvalue weighted by Crippen LogP contribution is -2.35. The largest absolute Gasteiger partial charge is 0.490 e. The first-order valence-electron chi connectivity index (χ1n) is 5.78. The zero-order valence-electron chi connectivity index (χ0n) is 9.78. The molecule has 2 rings (SSSR count). The number of nitrogens with zero attached hydrogens (tertiary/aromatic N) is 1. The third kappa shape index (κ3) is 2.98. The Balaban J connectivity index is 1.94. The zero-order valence-corrected chi connectivity index (χ0v) is 9.78. The molecular formula is C13H13FN2O2. The summed E-state index contributed by atoms with van der Waals surface area (Å²) >= 11 is 0. The van der Waals surface area contributed by atoms with Crippen LogP contribution < -0.4 is 10.1 Å². The minimum atomic E-state index is -0.547. The van der Waals surface area contributed by atoms with Gasteiger partial charge in [-0.15, -0.1) is 0 Å². The van der Waals surface area contributed by atoms with Gasteiger partial charge < -0.3 is 10.1 Å². The highest BCUT2D eigenvalue weighted by atomic mass is 19.1. The Morgan fingerprint density at radius 2 is 2.39 bits per heavy atom. The third-order valence-corrected chi connectivity index (χ3v) is 2.88. The molecule has 1 amide bonds. The van der Waals surface area contributed by atoms with Gasteiger partial charge >= 0.3 is 0 Å². The van der Waals surface area contributed by atoms with Gasteiger partial charge in [-0.25, -0.2) is 4.39 Å². The van der Waals surface area contributed by atoms with Crippen LogP contribution in [-0.4, -0.2) is 19.1 Å². The first-order chi connectivity index (χ1) is 8.69. The lowest BCUT2D eigenvalue weighted by Gasteiger charge is -2.22. The van der Waals surface area contributed by atoms with Crippen molar-refractivity contribution in [2.45, 2.75) is 12.8 Å². The highest BCUT2D eigenvalue weighted by molar-refractivity contribution is 5.76. The van der Waals surface area contributed by atoms with Crippen LogP contribution in [0.5, 0.6) is 5.75 Å². The van der Waals surface area contributed by atoms with Crippen molar-refractivity contribution in [3.63, 3.8) is 0 Å². The Bertz CT molecular complexity index is 496. The maximum Gasteiger partial charge on any atom is 0.220 e. The molecule has 1 fully saturated rings. The molecule has 1 unspecified atom stereocenters. The molecule has 0 saturated carbocycles. The predicted molar refractivity (Wildman–Crippen MR) is 62.3 cm³/mol. The molecule has 1 atom stereocenters. The molecule has 0 aromatic heterocycles. The molecule has 1 aliphatic heterocycles. The number of carbonyl (C=O) groups is 1. The van der Waals surface area contributed by atoms with Gasteiger partial charge in [0, 0.05) is 18.9 Å². The second kappa shape index (κ2) is 5.50. The topological polar surface area (TPSA) is 62.1 Å². The number of hydrogen-bond acceptors (Lipinski definition) is 3. The van der Waals surface area contributed by atoms with Gasteiger partial charge in [-0.2, -0.15) is 5.26 Å². The number of nitrogens with one attached hydrogen (secondary N) is 1. The minimum Gasteiger partial charge on any atom is -0.490 e. The molecule has 18 heavy (non-hydrogen) atoms. The van der Waals surface area contributed by atoms with Gasteiger partial charge in [0.2, 0.25) is 5.91 Å². The van der Waals surface area contributed by atoms with E-state index >= 15 is 0 Å². The Hall–Kier alpha value is -2.09. The van der Waals surface area contributed by atoms with Crippen molar-refractivity contribution < 1.29 is 13.9 Å². The fraction of sp³-hybridized carbons (Fsp3) is 0.385. The van der Waals surface area contributed by atoms with Crippen molar-refractivity contribution >= 4 is 5.91 Å². The quantitative estimate of drug-likeness (QED) is 0.883. The number of hydrogen-bond donors (Lipinski definition) is 1. The van der Waals surface area contributed by atoms with E-state index in [4.69, 9.17) is 10.00 Å². The smallest absolute Gasteiger partial charge is 0.220 e. The van der Waals surface area contributed by atoms with E-state index in [2.05, 4.69) is 5.32 Å². The Morgan fingerprint density at radius 1 is 1.56 bits per heavy atom. The van der Waals surface area contributed by atoms with Crippen LogP contribution in [-0.2, 0) is 4.79 Å². The zero-order chi connectivity index (χ0) is 13.0. The number of piperidine rings is 1. The summed E-state index contributed by atoms with van der Waals surface area (Å²) in [5, 5.41) is 11.3. The summed E-state index contributed by atoms with van der Waals surface area (Å²) < 4.78 is 18.9. The highest BCUT2D eigenvalue weighted by Gasteiger charge is 2.19. The SMILES string of the molecule is N#Cc1ccc(OCC2CCNC(=O)C2)c(F)c1. The van der Waals surface area contributed by atoms with Crippen LogP contribution in [0.4, 0.5) is 4.39 Å². The van der Waals surface area contributed by atoms with Crippen LogP contribution in [0.2, 0.25) is 0 Å². The van der Waals surface area contributed by atoms with Gasteiger partial charge in [-0.3, -0.25) is 4.79 Å². The average Bonchev–Trinajstić information content (AvgIpc) is 2.37. The fourth-order valence-electron chi connectivity index (χ4n) is 1.89.